The van der Waals surface area contributed by atoms with Crippen molar-refractivity contribution in [3.8, 4) is 0 Å². The number of ether oxygens (including phenoxy) is 2. The van der Waals surface area contributed by atoms with E-state index in [1.165, 1.54) is 24.1 Å². The molecule has 7 rings (SSSR count). The number of piperidine rings is 1. The molecule has 0 spiro atoms. The summed E-state index contributed by atoms with van der Waals surface area (Å²) in [6.07, 6.45) is 12.7. The van der Waals surface area contributed by atoms with Crippen molar-refractivity contribution in [3.05, 3.63) is 53.1 Å². The number of anilines is 1. The Hall–Kier alpha value is -7.74. The normalized spacial score (nSPS) is 20.0. The molecule has 1 aromatic heterocycles. The summed E-state index contributed by atoms with van der Waals surface area (Å²) < 4.78 is 11.1. The molecule has 4 fully saturated rings. The van der Waals surface area contributed by atoms with Crippen molar-refractivity contribution in [2.75, 3.05) is 57.9 Å². The van der Waals surface area contributed by atoms with E-state index in [1.54, 1.807) is 32.9 Å². The molecule has 2 saturated heterocycles. The molecule has 4 heterocycles. The Kier molecular flexibility index (Phi) is 23.8. The van der Waals surface area contributed by atoms with E-state index in [4.69, 9.17) is 9.47 Å². The van der Waals surface area contributed by atoms with Gasteiger partial charge in [0.1, 0.15) is 35.6 Å². The Morgan fingerprint density at radius 2 is 1.43 bits per heavy atom. The minimum Gasteiger partial charge on any atom is -0.382 e. The van der Waals surface area contributed by atoms with Gasteiger partial charge in [-0.2, -0.15) is 0 Å². The molecule has 2 aliphatic carbocycles. The van der Waals surface area contributed by atoms with Gasteiger partial charge in [0.2, 0.25) is 41.2 Å². The number of nitrogens with one attached hydrogen (secondary N) is 8. The molecule has 2 saturated carbocycles. The number of carbonyl (C=O) groups excluding carboxylic acids is 12. The lowest BCUT2D eigenvalue weighted by Gasteiger charge is -2.37. The van der Waals surface area contributed by atoms with Gasteiger partial charge >= 0.3 is 0 Å². The van der Waals surface area contributed by atoms with Crippen molar-refractivity contribution in [2.24, 2.45) is 17.3 Å². The first-order valence-corrected chi connectivity index (χ1v) is 30.4. The quantitative estimate of drug-likeness (QED) is 0.0288. The fourth-order valence-corrected chi connectivity index (χ4v) is 11.3. The van der Waals surface area contributed by atoms with Gasteiger partial charge in [0.25, 0.3) is 29.5 Å². The van der Waals surface area contributed by atoms with Crippen molar-refractivity contribution in [1.29, 1.82) is 0 Å². The molecule has 5 aliphatic rings. The summed E-state index contributed by atoms with van der Waals surface area (Å²) in [5, 5.41) is 21.9. The molecule has 0 radical (unpaired) electrons. The van der Waals surface area contributed by atoms with Gasteiger partial charge in [-0.05, 0) is 87.7 Å². The van der Waals surface area contributed by atoms with Crippen LogP contribution in [0.1, 0.15) is 179 Å². The van der Waals surface area contributed by atoms with Crippen LogP contribution in [0.15, 0.2) is 30.6 Å². The molecule has 8 N–H and O–H groups in total. The number of aromatic nitrogens is 2. The topological polar surface area (TPSA) is 352 Å². The van der Waals surface area contributed by atoms with Gasteiger partial charge in [-0.3, -0.25) is 67.8 Å². The molecular weight excluding hydrogens is 1110 g/mol. The second kappa shape index (κ2) is 31.1. The maximum Gasteiger partial charge on any atom is 0.289 e. The molecule has 1 aromatic carbocycles. The molecule has 86 heavy (non-hydrogen) atoms. The summed E-state index contributed by atoms with van der Waals surface area (Å²) in [5.74, 6) is -6.75. The Morgan fingerprint density at radius 1 is 0.756 bits per heavy atom. The van der Waals surface area contributed by atoms with E-state index < -0.39 is 100 Å². The number of amides is 11. The molecule has 3 aliphatic heterocycles. The van der Waals surface area contributed by atoms with E-state index >= 15 is 0 Å². The standard InChI is InChI=1S/C60H84N12O14/c1-6-15-41(49(75)56(81)67-37-20-21-37)68-55(80)48-38-17-13-16-36(38)34-71(48)59(84)50(60(3,4)5)70-51(76)35(2)66-53(78)43-33-64-42(32-65-43)52(77)63-26-12-10-8-7-9-11-25-62-45(73)24-28-85-30-31-86-29-27-61-40-19-14-18-39-47(40)58(83)72(57(39)82)44-22-23-46(74)69-54(44)79/h14,18-19,32-33,35-38,41,44,48,50,61H,6-13,15-17,20-31,34H2,1-5H3,(H,62,73)(H,63,77)(H,66,78)(H,67,81)(H,68,80)(H,70,76)(H,69,74,79)/t35-,36-,38-,41-,44?,48-,50+/m0/s1. The average molecular weight is 1200 g/mol. The number of ketones is 1. The molecule has 468 valence electrons. The van der Waals surface area contributed by atoms with Crippen LogP contribution < -0.4 is 42.5 Å². The van der Waals surface area contributed by atoms with Crippen molar-refractivity contribution < 1.29 is 67.0 Å². The Bertz CT molecular complexity index is 2840. The lowest BCUT2D eigenvalue weighted by molar-refractivity contribution is -0.146. The Morgan fingerprint density at radius 3 is 2.09 bits per heavy atom. The number of hydrogen-bond acceptors (Lipinski definition) is 17. The van der Waals surface area contributed by atoms with E-state index in [1.807, 2.05) is 6.92 Å². The highest BCUT2D eigenvalue weighted by Crippen LogP contribution is 2.43. The predicted molar refractivity (Wildman–Crippen MR) is 311 cm³/mol. The lowest BCUT2D eigenvalue weighted by atomic mass is 9.85. The number of benzene rings is 1. The van der Waals surface area contributed by atoms with E-state index in [9.17, 15) is 57.5 Å². The van der Waals surface area contributed by atoms with Crippen LogP contribution in [-0.4, -0.2) is 179 Å². The average Bonchev–Trinajstić information content (AvgIpc) is 1.68. The first-order valence-electron chi connectivity index (χ1n) is 30.4. The van der Waals surface area contributed by atoms with Gasteiger partial charge in [-0.1, -0.05) is 72.3 Å². The largest absolute Gasteiger partial charge is 0.382 e. The number of likely N-dealkylation sites (tertiary alicyclic amines) is 1. The van der Waals surface area contributed by atoms with Crippen LogP contribution in [0.4, 0.5) is 5.69 Å². The maximum atomic E-state index is 14.5. The summed E-state index contributed by atoms with van der Waals surface area (Å²) in [6.45, 7) is 11.3. The van der Waals surface area contributed by atoms with E-state index in [2.05, 4.69) is 52.5 Å². The van der Waals surface area contributed by atoms with Gasteiger partial charge in [-0.25, -0.2) is 9.97 Å². The van der Waals surface area contributed by atoms with Gasteiger partial charge in [0.05, 0.1) is 56.0 Å². The fourth-order valence-electron chi connectivity index (χ4n) is 11.3. The lowest BCUT2D eigenvalue weighted by Crippen LogP contribution is -2.61. The van der Waals surface area contributed by atoms with Crippen LogP contribution >= 0.6 is 0 Å². The van der Waals surface area contributed by atoms with E-state index in [0.29, 0.717) is 44.7 Å². The zero-order valence-electron chi connectivity index (χ0n) is 50.0. The second-order valence-corrected chi connectivity index (χ2v) is 23.8. The van der Waals surface area contributed by atoms with Crippen LogP contribution in [-0.2, 0) is 47.8 Å². The predicted octanol–water partition coefficient (Wildman–Crippen LogP) is 2.01. The number of Topliss-reactive ketones (excluding diaryl/α,β-unsaturated/α-hetero) is 1. The zero-order chi connectivity index (χ0) is 62.1. The molecule has 11 amide bonds. The summed E-state index contributed by atoms with van der Waals surface area (Å²) in [7, 11) is 0. The van der Waals surface area contributed by atoms with Gasteiger partial charge in [0.15, 0.2) is 0 Å². The van der Waals surface area contributed by atoms with Gasteiger partial charge < -0.3 is 51.6 Å². The highest BCUT2D eigenvalue weighted by atomic mass is 16.5. The Balaban J connectivity index is 0.712. The summed E-state index contributed by atoms with van der Waals surface area (Å²) >= 11 is 0. The van der Waals surface area contributed by atoms with Crippen LogP contribution in [0, 0.1) is 17.3 Å². The third-order valence-corrected chi connectivity index (χ3v) is 16.1. The Labute approximate surface area is 500 Å². The molecule has 0 bridgehead atoms. The van der Waals surface area contributed by atoms with Crippen molar-refractivity contribution in [2.45, 2.75) is 174 Å². The first-order chi connectivity index (χ1) is 41.2. The van der Waals surface area contributed by atoms with Gasteiger partial charge in [0, 0.05) is 50.7 Å². The molecule has 1 unspecified atom stereocenters. The monoisotopic (exact) mass is 1200 g/mol. The number of rotatable bonds is 33. The summed E-state index contributed by atoms with van der Waals surface area (Å²) in [4.78, 5) is 167. The minimum absolute atomic E-state index is 0.00490. The number of hydrogen-bond donors (Lipinski definition) is 8. The number of unbranched alkanes of at least 4 members (excludes halogenated alkanes) is 5. The van der Waals surface area contributed by atoms with Crippen LogP contribution in [0.25, 0.3) is 0 Å². The van der Waals surface area contributed by atoms with E-state index in [0.717, 1.165) is 75.3 Å². The molecule has 26 heteroatoms. The third kappa shape index (κ3) is 17.7. The van der Waals surface area contributed by atoms with Crippen LogP contribution in [0.3, 0.4) is 0 Å². The molecule has 26 nitrogen and oxygen atoms in total. The minimum atomic E-state index is -1.13. The summed E-state index contributed by atoms with van der Waals surface area (Å²) in [6, 6.07) is -0.415. The molecule has 7 atom stereocenters. The van der Waals surface area contributed by atoms with Crippen LogP contribution in [0.2, 0.25) is 0 Å². The molecular formula is C60H84N12O14. The number of fused-ring (bicyclic) bond motifs is 2. The highest BCUT2D eigenvalue weighted by molar-refractivity contribution is 6.38. The first kappa shape index (κ1) is 65.8. The smallest absolute Gasteiger partial charge is 0.289 e. The van der Waals surface area contributed by atoms with Crippen molar-refractivity contribution in [3.63, 3.8) is 0 Å². The van der Waals surface area contributed by atoms with E-state index in [-0.39, 0.29) is 98.4 Å². The third-order valence-electron chi connectivity index (χ3n) is 16.1. The van der Waals surface area contributed by atoms with Crippen LogP contribution in [0.5, 0.6) is 0 Å². The zero-order valence-corrected chi connectivity index (χ0v) is 50.0. The SMILES string of the molecule is CCC[C@H](NC(=O)[C@@H]1[C@H]2CCC[C@H]2CN1C(=O)[C@@H](NC(=O)[C@H](C)NC(=O)c1cnc(C(=O)NCCCCCCCCNC(=O)CCOCCOCCNc2cccc3c2C(=O)N(C2CCC(=O)NC2=O)C3=O)cn1)C(C)(C)C)C(=O)C(=O)NC1CC1. The molecule has 2 aromatic rings. The summed E-state index contributed by atoms with van der Waals surface area (Å²) in [5.41, 5.74) is -0.171. The van der Waals surface area contributed by atoms with Crippen molar-refractivity contribution in [1.82, 2.24) is 57.0 Å². The fraction of sp³-hybridized carbons (Fsp3) is 0.633. The second-order valence-electron chi connectivity index (χ2n) is 23.8. The number of carbonyl (C=O) groups is 12. The number of nitrogens with zero attached hydrogens (tertiary/aromatic N) is 4. The highest BCUT2D eigenvalue weighted by Gasteiger charge is 2.53. The number of imide groups is 2. The van der Waals surface area contributed by atoms with Gasteiger partial charge in [-0.15, -0.1) is 0 Å². The maximum absolute atomic E-state index is 14.5. The van der Waals surface area contributed by atoms with Crippen molar-refractivity contribution >= 4 is 76.4 Å².